The Morgan fingerprint density at radius 3 is 3.05 bits per heavy atom. The van der Waals surface area contributed by atoms with Gasteiger partial charge in [0.2, 0.25) is 0 Å². The summed E-state index contributed by atoms with van der Waals surface area (Å²) in [4.78, 5) is 15.7. The van der Waals surface area contributed by atoms with E-state index in [4.69, 9.17) is 4.74 Å². The fourth-order valence-electron chi connectivity index (χ4n) is 2.50. The van der Waals surface area contributed by atoms with Gasteiger partial charge >= 0.3 is 0 Å². The highest BCUT2D eigenvalue weighted by atomic mass is 16.5. The maximum absolute atomic E-state index is 11.8. The van der Waals surface area contributed by atoms with Crippen molar-refractivity contribution in [1.29, 1.82) is 0 Å². The van der Waals surface area contributed by atoms with Gasteiger partial charge in [0.1, 0.15) is 0 Å². The SMILES string of the molecule is C[C@@H]1CCCC[C@@H]1OCCNC(=O)c1cccnc1. The number of ether oxygens (including phenoxy) is 1. The Labute approximate surface area is 114 Å². The second-order valence-corrected chi connectivity index (χ2v) is 5.17. The molecule has 0 bridgehead atoms. The van der Waals surface area contributed by atoms with Gasteiger partial charge in [-0.3, -0.25) is 9.78 Å². The Kier molecular flexibility index (Phi) is 5.33. The molecule has 0 unspecified atom stereocenters. The van der Waals surface area contributed by atoms with E-state index in [2.05, 4.69) is 17.2 Å². The number of hydrogen-bond acceptors (Lipinski definition) is 3. The topological polar surface area (TPSA) is 51.2 Å². The van der Waals surface area contributed by atoms with Gasteiger partial charge in [-0.1, -0.05) is 19.8 Å². The summed E-state index contributed by atoms with van der Waals surface area (Å²) in [5.74, 6) is 0.552. The molecule has 4 nitrogen and oxygen atoms in total. The summed E-state index contributed by atoms with van der Waals surface area (Å²) in [7, 11) is 0. The predicted octanol–water partition coefficient (Wildman–Crippen LogP) is 2.41. The number of hydrogen-bond donors (Lipinski definition) is 1. The Bertz CT molecular complexity index is 394. The molecule has 0 saturated heterocycles. The van der Waals surface area contributed by atoms with Crippen molar-refractivity contribution in [1.82, 2.24) is 10.3 Å². The van der Waals surface area contributed by atoms with Crippen molar-refractivity contribution in [2.75, 3.05) is 13.2 Å². The zero-order valence-electron chi connectivity index (χ0n) is 11.5. The van der Waals surface area contributed by atoms with Crippen LogP contribution in [0.25, 0.3) is 0 Å². The van der Waals surface area contributed by atoms with Crippen LogP contribution >= 0.6 is 0 Å². The number of nitrogens with one attached hydrogen (secondary N) is 1. The van der Waals surface area contributed by atoms with E-state index in [0.29, 0.717) is 30.7 Å². The molecular formula is C15H22N2O2. The molecule has 1 amide bonds. The van der Waals surface area contributed by atoms with Crippen LogP contribution in [0.15, 0.2) is 24.5 Å². The van der Waals surface area contributed by atoms with Crippen molar-refractivity contribution in [2.45, 2.75) is 38.7 Å². The van der Waals surface area contributed by atoms with Gasteiger partial charge in [0.05, 0.1) is 18.3 Å². The molecule has 2 rings (SSSR count). The van der Waals surface area contributed by atoms with E-state index >= 15 is 0 Å². The quantitative estimate of drug-likeness (QED) is 0.829. The van der Waals surface area contributed by atoms with Crippen LogP contribution in [0.2, 0.25) is 0 Å². The molecule has 4 heteroatoms. The van der Waals surface area contributed by atoms with E-state index in [0.717, 1.165) is 6.42 Å². The standard InChI is InChI=1S/C15H22N2O2/c1-12-5-2-3-7-14(12)19-10-9-17-15(18)13-6-4-8-16-11-13/h4,6,8,11-12,14H,2-3,5,7,9-10H2,1H3,(H,17,18)/t12-,14+/m1/s1. The van der Waals surface area contributed by atoms with Crippen LogP contribution in [0.4, 0.5) is 0 Å². The smallest absolute Gasteiger partial charge is 0.252 e. The molecule has 19 heavy (non-hydrogen) atoms. The maximum atomic E-state index is 11.8. The van der Waals surface area contributed by atoms with Gasteiger partial charge in [0, 0.05) is 18.9 Å². The molecule has 1 aromatic rings. The monoisotopic (exact) mass is 262 g/mol. The number of carbonyl (C=O) groups is 1. The van der Waals surface area contributed by atoms with Crippen molar-refractivity contribution >= 4 is 5.91 Å². The van der Waals surface area contributed by atoms with Gasteiger partial charge in [0.25, 0.3) is 5.91 Å². The van der Waals surface area contributed by atoms with Crippen molar-refractivity contribution in [3.8, 4) is 0 Å². The molecule has 0 aliphatic heterocycles. The zero-order valence-corrected chi connectivity index (χ0v) is 11.5. The summed E-state index contributed by atoms with van der Waals surface area (Å²) >= 11 is 0. The average Bonchev–Trinajstić information content (AvgIpc) is 2.46. The van der Waals surface area contributed by atoms with Crippen LogP contribution in [0.3, 0.4) is 0 Å². The molecule has 0 spiro atoms. The highest BCUT2D eigenvalue weighted by Crippen LogP contribution is 2.25. The first-order valence-corrected chi connectivity index (χ1v) is 7.07. The average molecular weight is 262 g/mol. The minimum absolute atomic E-state index is 0.0895. The fourth-order valence-corrected chi connectivity index (χ4v) is 2.50. The lowest BCUT2D eigenvalue weighted by Gasteiger charge is -2.28. The Balaban J connectivity index is 1.65. The van der Waals surface area contributed by atoms with Crippen molar-refractivity contribution in [2.24, 2.45) is 5.92 Å². The van der Waals surface area contributed by atoms with Gasteiger partial charge < -0.3 is 10.1 Å². The van der Waals surface area contributed by atoms with Crippen LogP contribution in [-0.4, -0.2) is 30.1 Å². The molecule has 1 saturated carbocycles. The Morgan fingerprint density at radius 2 is 2.32 bits per heavy atom. The zero-order chi connectivity index (χ0) is 13.5. The molecule has 1 aromatic heterocycles. The van der Waals surface area contributed by atoms with Crippen LogP contribution in [0, 0.1) is 5.92 Å². The fraction of sp³-hybridized carbons (Fsp3) is 0.600. The van der Waals surface area contributed by atoms with E-state index in [-0.39, 0.29) is 5.91 Å². The van der Waals surface area contributed by atoms with Crippen LogP contribution in [-0.2, 0) is 4.74 Å². The lowest BCUT2D eigenvalue weighted by molar-refractivity contribution is -0.00294. The number of amides is 1. The summed E-state index contributed by atoms with van der Waals surface area (Å²) in [6.07, 6.45) is 8.58. The summed E-state index contributed by atoms with van der Waals surface area (Å²) in [5.41, 5.74) is 0.591. The summed E-state index contributed by atoms with van der Waals surface area (Å²) in [6, 6.07) is 3.52. The van der Waals surface area contributed by atoms with E-state index in [1.807, 2.05) is 0 Å². The second kappa shape index (κ2) is 7.24. The first-order chi connectivity index (χ1) is 9.27. The Morgan fingerprint density at radius 1 is 1.47 bits per heavy atom. The van der Waals surface area contributed by atoms with E-state index in [9.17, 15) is 4.79 Å². The number of carbonyl (C=O) groups excluding carboxylic acids is 1. The first-order valence-electron chi connectivity index (χ1n) is 7.07. The lowest BCUT2D eigenvalue weighted by atomic mass is 9.88. The molecular weight excluding hydrogens is 240 g/mol. The number of aromatic nitrogens is 1. The largest absolute Gasteiger partial charge is 0.376 e. The van der Waals surface area contributed by atoms with E-state index in [1.54, 1.807) is 24.5 Å². The van der Waals surface area contributed by atoms with Gasteiger partial charge in [0.15, 0.2) is 0 Å². The van der Waals surface area contributed by atoms with Gasteiger partial charge in [-0.2, -0.15) is 0 Å². The summed E-state index contributed by atoms with van der Waals surface area (Å²) < 4.78 is 5.85. The molecule has 2 atom stereocenters. The van der Waals surface area contributed by atoms with Gasteiger partial charge in [-0.15, -0.1) is 0 Å². The van der Waals surface area contributed by atoms with E-state index < -0.39 is 0 Å². The third-order valence-corrected chi connectivity index (χ3v) is 3.68. The highest BCUT2D eigenvalue weighted by Gasteiger charge is 2.21. The number of nitrogens with zero attached hydrogens (tertiary/aromatic N) is 1. The molecule has 1 aliphatic rings. The van der Waals surface area contributed by atoms with Crippen molar-refractivity contribution in [3.63, 3.8) is 0 Å². The molecule has 1 aliphatic carbocycles. The Hall–Kier alpha value is -1.42. The minimum atomic E-state index is -0.0895. The van der Waals surface area contributed by atoms with Crippen LogP contribution < -0.4 is 5.32 Å². The maximum Gasteiger partial charge on any atom is 0.252 e. The van der Waals surface area contributed by atoms with Crippen LogP contribution in [0.1, 0.15) is 43.0 Å². The van der Waals surface area contributed by atoms with Crippen molar-refractivity contribution < 1.29 is 9.53 Å². The normalized spacial score (nSPS) is 23.0. The molecule has 1 N–H and O–H groups in total. The van der Waals surface area contributed by atoms with Gasteiger partial charge in [-0.05, 0) is 30.9 Å². The third-order valence-electron chi connectivity index (χ3n) is 3.68. The number of rotatable bonds is 5. The van der Waals surface area contributed by atoms with Crippen molar-refractivity contribution in [3.05, 3.63) is 30.1 Å². The second-order valence-electron chi connectivity index (χ2n) is 5.17. The lowest BCUT2D eigenvalue weighted by Crippen LogP contribution is -2.31. The molecule has 1 heterocycles. The minimum Gasteiger partial charge on any atom is -0.376 e. The highest BCUT2D eigenvalue weighted by molar-refractivity contribution is 5.93. The van der Waals surface area contributed by atoms with Gasteiger partial charge in [-0.25, -0.2) is 0 Å². The molecule has 0 radical (unpaired) electrons. The molecule has 0 aromatic carbocycles. The number of pyridine rings is 1. The molecule has 104 valence electrons. The van der Waals surface area contributed by atoms with Crippen LogP contribution in [0.5, 0.6) is 0 Å². The molecule has 1 fully saturated rings. The first kappa shape index (κ1) is 14.0. The summed E-state index contributed by atoms with van der Waals surface area (Å²) in [5, 5.41) is 2.85. The summed E-state index contributed by atoms with van der Waals surface area (Å²) in [6.45, 7) is 3.38. The third kappa shape index (κ3) is 4.31. The van der Waals surface area contributed by atoms with E-state index in [1.165, 1.54) is 19.3 Å². The predicted molar refractivity (Wildman–Crippen MR) is 73.9 cm³/mol.